The Kier molecular flexibility index (Phi) is 8.97. The predicted octanol–water partition coefficient (Wildman–Crippen LogP) is 5.81. The third-order valence-electron chi connectivity index (χ3n) is 8.62. The van der Waals surface area contributed by atoms with E-state index in [1.807, 2.05) is 0 Å². The number of ether oxygens (including phenoxy) is 3. The van der Waals surface area contributed by atoms with Crippen molar-refractivity contribution in [3.63, 3.8) is 0 Å². The van der Waals surface area contributed by atoms with Gasteiger partial charge in [0.25, 0.3) is 0 Å². The number of rotatable bonds is 10. The van der Waals surface area contributed by atoms with Gasteiger partial charge >= 0.3 is 8.56 Å². The van der Waals surface area contributed by atoms with E-state index in [9.17, 15) is 5.11 Å². The zero-order valence-corrected chi connectivity index (χ0v) is 22.3. The predicted molar refractivity (Wildman–Crippen MR) is 130 cm³/mol. The summed E-state index contributed by atoms with van der Waals surface area (Å²) in [6.07, 6.45) is 14.0. The lowest BCUT2D eigenvalue weighted by atomic mass is 9.85. The zero-order valence-electron chi connectivity index (χ0n) is 21.3. The summed E-state index contributed by atoms with van der Waals surface area (Å²) in [5.74, 6) is 0.419. The SMILES string of the molecule is CCCCCC12CC[Si](OC3CCCCO3)(OC3CCCC3CCO)C(C)(C)COC(C1)O2. The number of hydrogen-bond acceptors (Lipinski definition) is 6. The van der Waals surface area contributed by atoms with Gasteiger partial charge in [-0.25, -0.2) is 0 Å². The minimum absolute atomic E-state index is 0.0845. The maximum atomic E-state index is 9.64. The molecule has 4 saturated heterocycles. The quantitative estimate of drug-likeness (QED) is 0.312. The Morgan fingerprint density at radius 3 is 2.61 bits per heavy atom. The minimum atomic E-state index is -2.77. The molecular weight excluding hydrogens is 436 g/mol. The average molecular weight is 485 g/mol. The lowest BCUT2D eigenvalue weighted by Crippen LogP contribution is -2.58. The highest BCUT2D eigenvalue weighted by Crippen LogP contribution is 2.52. The molecule has 5 aliphatic rings. The molecule has 0 radical (unpaired) electrons. The summed E-state index contributed by atoms with van der Waals surface area (Å²) in [4.78, 5) is 0. The molecule has 5 fully saturated rings. The Morgan fingerprint density at radius 2 is 1.88 bits per heavy atom. The number of aliphatic hydroxyl groups is 1. The second-order valence-electron chi connectivity index (χ2n) is 11.6. The van der Waals surface area contributed by atoms with E-state index in [-0.39, 0.29) is 35.9 Å². The van der Waals surface area contributed by atoms with Crippen molar-refractivity contribution in [3.8, 4) is 0 Å². The van der Waals surface area contributed by atoms with Crippen LogP contribution in [0.25, 0.3) is 0 Å². The topological polar surface area (TPSA) is 66.4 Å². The fraction of sp³-hybridized carbons (Fsp3) is 1.00. The summed E-state index contributed by atoms with van der Waals surface area (Å²) in [6, 6.07) is 0.921. The van der Waals surface area contributed by atoms with Crippen molar-refractivity contribution in [2.75, 3.05) is 19.8 Å². The van der Waals surface area contributed by atoms with E-state index in [0.717, 1.165) is 70.4 Å². The molecule has 5 rings (SSSR count). The summed E-state index contributed by atoms with van der Waals surface area (Å²) < 4.78 is 33.1. The first-order chi connectivity index (χ1) is 15.9. The van der Waals surface area contributed by atoms with Crippen molar-refractivity contribution in [1.29, 1.82) is 0 Å². The Labute approximate surface area is 202 Å². The molecule has 0 aromatic rings. The molecular formula is C26H48O6Si. The van der Waals surface area contributed by atoms with Crippen LogP contribution in [0, 0.1) is 5.92 Å². The van der Waals surface area contributed by atoms with E-state index < -0.39 is 8.56 Å². The highest BCUT2D eigenvalue weighted by atomic mass is 28.4. The molecule has 0 spiro atoms. The van der Waals surface area contributed by atoms with Gasteiger partial charge in [-0.05, 0) is 63.3 Å². The average Bonchev–Trinajstić information content (AvgIpc) is 3.22. The van der Waals surface area contributed by atoms with Crippen LogP contribution in [0.1, 0.15) is 104 Å². The van der Waals surface area contributed by atoms with Crippen molar-refractivity contribution < 1.29 is 28.2 Å². The van der Waals surface area contributed by atoms with Crippen LogP contribution in [0.3, 0.4) is 0 Å². The molecule has 6 nitrogen and oxygen atoms in total. The largest absolute Gasteiger partial charge is 0.396 e. The lowest BCUT2D eigenvalue weighted by Gasteiger charge is -2.48. The minimum Gasteiger partial charge on any atom is -0.396 e. The van der Waals surface area contributed by atoms with Gasteiger partial charge in [0.05, 0.1) is 18.3 Å². The third-order valence-corrected chi connectivity index (χ3v) is 13.1. The Morgan fingerprint density at radius 1 is 1.03 bits per heavy atom. The summed E-state index contributed by atoms with van der Waals surface area (Å²) in [6.45, 7) is 8.42. The van der Waals surface area contributed by atoms with Crippen LogP contribution in [0.5, 0.6) is 0 Å². The molecule has 1 N–H and O–H groups in total. The fourth-order valence-corrected chi connectivity index (χ4v) is 10.4. The first-order valence-corrected chi connectivity index (χ1v) is 15.8. The van der Waals surface area contributed by atoms with Gasteiger partial charge in [-0.2, -0.15) is 0 Å². The van der Waals surface area contributed by atoms with Crippen LogP contribution in [0.15, 0.2) is 0 Å². The molecule has 6 unspecified atom stereocenters. The van der Waals surface area contributed by atoms with Crippen LogP contribution in [-0.2, 0) is 23.1 Å². The molecule has 192 valence electrons. The number of hydrogen-bond donors (Lipinski definition) is 1. The Balaban J connectivity index is 1.58. The summed E-state index contributed by atoms with van der Waals surface area (Å²) >= 11 is 0. The number of unbranched alkanes of at least 4 members (excludes halogenated alkanes) is 2. The van der Waals surface area contributed by atoms with Crippen LogP contribution in [-0.4, -0.2) is 57.8 Å². The highest BCUT2D eigenvalue weighted by molar-refractivity contribution is 6.70. The van der Waals surface area contributed by atoms with Crippen LogP contribution < -0.4 is 0 Å². The second kappa shape index (κ2) is 11.4. The normalized spacial score (nSPS) is 41.1. The Bertz CT molecular complexity index is 604. The van der Waals surface area contributed by atoms with E-state index in [2.05, 4.69) is 20.8 Å². The van der Waals surface area contributed by atoms with E-state index >= 15 is 0 Å². The van der Waals surface area contributed by atoms with Gasteiger partial charge in [0, 0.05) is 24.7 Å². The third kappa shape index (κ3) is 6.04. The molecule has 33 heavy (non-hydrogen) atoms. The molecule has 0 amide bonds. The smallest absolute Gasteiger partial charge is 0.348 e. The monoisotopic (exact) mass is 484 g/mol. The maximum Gasteiger partial charge on any atom is 0.348 e. The standard InChI is InChI=1S/C26H48O6Si/c1-4-5-7-14-26-15-18-33(32-23-12-6-8-17-28-23,25(2,3)20-29-24(19-26)30-26)31-22-11-9-10-21(22)13-16-27/h21-24,27H,4-20H2,1-3H3. The Hall–Kier alpha value is -0.0231. The summed E-state index contributed by atoms with van der Waals surface area (Å²) in [7, 11) is -2.77. The van der Waals surface area contributed by atoms with Gasteiger partial charge in [-0.15, -0.1) is 0 Å². The van der Waals surface area contributed by atoms with Gasteiger partial charge in [0.1, 0.15) is 6.29 Å². The molecule has 1 saturated carbocycles. The van der Waals surface area contributed by atoms with Gasteiger partial charge in [0.15, 0.2) is 6.29 Å². The van der Waals surface area contributed by atoms with Crippen LogP contribution in [0.2, 0.25) is 11.1 Å². The van der Waals surface area contributed by atoms with E-state index in [1.165, 1.54) is 25.7 Å². The fourth-order valence-electron chi connectivity index (χ4n) is 6.33. The van der Waals surface area contributed by atoms with E-state index in [4.69, 9.17) is 23.1 Å². The number of aliphatic hydroxyl groups excluding tert-OH is 1. The molecule has 7 heteroatoms. The van der Waals surface area contributed by atoms with Gasteiger partial charge < -0.3 is 28.2 Å². The van der Waals surface area contributed by atoms with Crippen LogP contribution in [0.4, 0.5) is 0 Å². The van der Waals surface area contributed by atoms with Gasteiger partial charge in [-0.1, -0.05) is 46.5 Å². The van der Waals surface area contributed by atoms with E-state index in [1.54, 1.807) is 0 Å². The maximum absolute atomic E-state index is 9.64. The van der Waals surface area contributed by atoms with Gasteiger partial charge in [0.2, 0.25) is 0 Å². The lowest BCUT2D eigenvalue weighted by molar-refractivity contribution is -0.312. The second-order valence-corrected chi connectivity index (χ2v) is 15.4. The van der Waals surface area contributed by atoms with Crippen LogP contribution >= 0.6 is 0 Å². The van der Waals surface area contributed by atoms with Crippen molar-refractivity contribution in [2.45, 2.75) is 140 Å². The van der Waals surface area contributed by atoms with Crippen molar-refractivity contribution >= 4 is 8.56 Å². The van der Waals surface area contributed by atoms with Crippen molar-refractivity contribution in [1.82, 2.24) is 0 Å². The highest BCUT2D eigenvalue weighted by Gasteiger charge is 2.60. The van der Waals surface area contributed by atoms with Crippen molar-refractivity contribution in [3.05, 3.63) is 0 Å². The molecule has 1 aliphatic carbocycles. The zero-order chi connectivity index (χ0) is 23.4. The molecule has 4 aliphatic heterocycles. The molecule has 6 atom stereocenters. The summed E-state index contributed by atoms with van der Waals surface area (Å²) in [5, 5.41) is 9.43. The van der Waals surface area contributed by atoms with Crippen molar-refractivity contribution in [2.24, 2.45) is 5.92 Å². The number of fused-ring (bicyclic) bond motifs is 5. The van der Waals surface area contributed by atoms with E-state index in [0.29, 0.717) is 12.5 Å². The molecule has 2 bridgehead atoms. The summed E-state index contributed by atoms with van der Waals surface area (Å²) in [5.41, 5.74) is -0.0845. The first kappa shape index (κ1) is 26.1. The molecule has 0 aromatic heterocycles. The van der Waals surface area contributed by atoms with Gasteiger partial charge in [-0.3, -0.25) is 0 Å². The molecule has 4 heterocycles. The molecule has 0 aromatic carbocycles. The first-order valence-electron chi connectivity index (χ1n) is 13.8.